The number of nitrogens with zero attached hydrogens (tertiary/aromatic N) is 2. The minimum absolute atomic E-state index is 0.0351. The summed E-state index contributed by atoms with van der Waals surface area (Å²) >= 11 is 0. The average Bonchev–Trinajstić information content (AvgIpc) is 3.28. The van der Waals surface area contributed by atoms with E-state index < -0.39 is 0 Å². The van der Waals surface area contributed by atoms with E-state index in [0.717, 1.165) is 28.8 Å². The number of amides is 1. The number of carbonyl (C=O) groups is 1. The van der Waals surface area contributed by atoms with Gasteiger partial charge in [-0.3, -0.25) is 9.36 Å². The van der Waals surface area contributed by atoms with E-state index in [1.54, 1.807) is 7.11 Å². The van der Waals surface area contributed by atoms with Crippen LogP contribution in [0.15, 0.2) is 73.1 Å². The molecular formula is C26H28N4O3. The van der Waals surface area contributed by atoms with Crippen LogP contribution in [0.5, 0.6) is 11.5 Å². The van der Waals surface area contributed by atoms with Crippen LogP contribution in [0.1, 0.15) is 18.1 Å². The van der Waals surface area contributed by atoms with Crippen LogP contribution in [-0.4, -0.2) is 35.7 Å². The number of aromatic nitrogens is 2. The Morgan fingerprint density at radius 1 is 0.970 bits per heavy atom. The normalized spacial score (nSPS) is 10.8. The number of rotatable bonds is 10. The molecule has 7 nitrogen and oxygen atoms in total. The molecule has 7 heteroatoms. The summed E-state index contributed by atoms with van der Waals surface area (Å²) in [5, 5.41) is 6.17. The van der Waals surface area contributed by atoms with Crippen LogP contribution in [0.2, 0.25) is 0 Å². The van der Waals surface area contributed by atoms with Crippen molar-refractivity contribution in [1.29, 1.82) is 0 Å². The molecular weight excluding hydrogens is 416 g/mol. The number of methoxy groups -OCH3 is 1. The maximum Gasteiger partial charge on any atom is 0.257 e. The van der Waals surface area contributed by atoms with Gasteiger partial charge in [0.1, 0.15) is 6.33 Å². The molecule has 0 spiro atoms. The van der Waals surface area contributed by atoms with E-state index in [2.05, 4.69) is 50.5 Å². The molecule has 0 atom stereocenters. The standard InChI is InChI=1S/C26H28N4O3/c1-3-28-26(31)17-33-24-13-10-20(14-25(24)32-2)16-27-15-19-8-11-21(12-9-19)30-18-29-22-6-4-5-7-23(22)30/h4-14,18,27H,3,15-17H2,1-2H3,(H,28,31). The van der Waals surface area contributed by atoms with Crippen LogP contribution < -0.4 is 20.1 Å². The van der Waals surface area contributed by atoms with Crippen LogP contribution in [-0.2, 0) is 17.9 Å². The summed E-state index contributed by atoms with van der Waals surface area (Å²) in [5.74, 6) is 1.00. The topological polar surface area (TPSA) is 77.4 Å². The third-order valence-corrected chi connectivity index (χ3v) is 5.29. The molecule has 1 heterocycles. The lowest BCUT2D eigenvalue weighted by Gasteiger charge is -2.13. The first kappa shape index (κ1) is 22.4. The monoisotopic (exact) mass is 444 g/mol. The molecule has 33 heavy (non-hydrogen) atoms. The van der Waals surface area contributed by atoms with E-state index in [-0.39, 0.29) is 12.5 Å². The SMILES string of the molecule is CCNC(=O)COc1ccc(CNCc2ccc(-n3cnc4ccccc43)cc2)cc1OC. The summed E-state index contributed by atoms with van der Waals surface area (Å²) in [6.45, 7) is 3.83. The number of hydrogen-bond acceptors (Lipinski definition) is 5. The van der Waals surface area contributed by atoms with Gasteiger partial charge in [0.25, 0.3) is 5.91 Å². The van der Waals surface area contributed by atoms with E-state index in [0.29, 0.717) is 24.6 Å². The van der Waals surface area contributed by atoms with Gasteiger partial charge in [-0.25, -0.2) is 4.98 Å². The Kier molecular flexibility index (Phi) is 7.22. The molecule has 0 saturated heterocycles. The molecule has 4 aromatic rings. The van der Waals surface area contributed by atoms with Crippen molar-refractivity contribution < 1.29 is 14.3 Å². The number of nitrogens with one attached hydrogen (secondary N) is 2. The number of fused-ring (bicyclic) bond motifs is 1. The fourth-order valence-electron chi connectivity index (χ4n) is 3.62. The summed E-state index contributed by atoms with van der Waals surface area (Å²) in [7, 11) is 1.59. The van der Waals surface area contributed by atoms with Crippen molar-refractivity contribution in [3.63, 3.8) is 0 Å². The van der Waals surface area contributed by atoms with Crippen molar-refractivity contribution in [1.82, 2.24) is 20.2 Å². The molecule has 4 rings (SSSR count). The van der Waals surface area contributed by atoms with Crippen molar-refractivity contribution in [3.8, 4) is 17.2 Å². The van der Waals surface area contributed by atoms with Gasteiger partial charge in [-0.05, 0) is 54.4 Å². The van der Waals surface area contributed by atoms with Gasteiger partial charge in [0.2, 0.25) is 0 Å². The largest absolute Gasteiger partial charge is 0.493 e. The second kappa shape index (κ2) is 10.7. The Hall–Kier alpha value is -3.84. The van der Waals surface area contributed by atoms with Gasteiger partial charge in [0.15, 0.2) is 18.1 Å². The Labute approximate surface area is 193 Å². The quantitative estimate of drug-likeness (QED) is 0.389. The molecule has 0 bridgehead atoms. The predicted molar refractivity (Wildman–Crippen MR) is 129 cm³/mol. The summed E-state index contributed by atoms with van der Waals surface area (Å²) in [6, 6.07) is 22.3. The summed E-state index contributed by atoms with van der Waals surface area (Å²) < 4.78 is 13.1. The minimum atomic E-state index is -0.155. The number of ether oxygens (including phenoxy) is 2. The van der Waals surface area contributed by atoms with Crippen LogP contribution >= 0.6 is 0 Å². The Morgan fingerprint density at radius 3 is 2.52 bits per heavy atom. The molecule has 0 aliphatic carbocycles. The molecule has 0 aliphatic heterocycles. The Morgan fingerprint density at radius 2 is 1.73 bits per heavy atom. The van der Waals surface area contributed by atoms with Gasteiger partial charge in [-0.15, -0.1) is 0 Å². The van der Waals surface area contributed by atoms with Crippen molar-refractivity contribution in [3.05, 3.63) is 84.2 Å². The molecule has 0 unspecified atom stereocenters. The number of benzene rings is 3. The number of carbonyl (C=O) groups excluding carboxylic acids is 1. The van der Waals surface area contributed by atoms with Crippen LogP contribution in [0.4, 0.5) is 0 Å². The molecule has 170 valence electrons. The first-order valence-corrected chi connectivity index (χ1v) is 11.0. The average molecular weight is 445 g/mol. The molecule has 3 aromatic carbocycles. The van der Waals surface area contributed by atoms with Gasteiger partial charge >= 0.3 is 0 Å². The Balaban J connectivity index is 1.33. The van der Waals surface area contributed by atoms with Gasteiger partial charge in [-0.2, -0.15) is 0 Å². The number of imidazole rings is 1. The van der Waals surface area contributed by atoms with E-state index in [1.165, 1.54) is 5.56 Å². The zero-order valence-corrected chi connectivity index (χ0v) is 18.9. The molecule has 0 aliphatic rings. The second-order valence-corrected chi connectivity index (χ2v) is 7.60. The zero-order valence-electron chi connectivity index (χ0n) is 18.9. The van der Waals surface area contributed by atoms with E-state index in [9.17, 15) is 4.79 Å². The smallest absolute Gasteiger partial charge is 0.257 e. The lowest BCUT2D eigenvalue weighted by atomic mass is 10.1. The fraction of sp³-hybridized carbons (Fsp3) is 0.231. The van der Waals surface area contributed by atoms with Gasteiger partial charge in [0, 0.05) is 25.3 Å². The lowest BCUT2D eigenvalue weighted by Crippen LogP contribution is -2.28. The summed E-state index contributed by atoms with van der Waals surface area (Å²) in [6.07, 6.45) is 1.86. The number of hydrogen-bond donors (Lipinski definition) is 2. The first-order chi connectivity index (χ1) is 16.2. The number of likely N-dealkylation sites (N-methyl/N-ethyl adjacent to an activating group) is 1. The fourth-order valence-corrected chi connectivity index (χ4v) is 3.62. The minimum Gasteiger partial charge on any atom is -0.493 e. The van der Waals surface area contributed by atoms with Crippen molar-refractivity contribution in [2.45, 2.75) is 20.0 Å². The van der Waals surface area contributed by atoms with Gasteiger partial charge in [-0.1, -0.05) is 30.3 Å². The molecule has 0 saturated carbocycles. The maximum atomic E-state index is 11.6. The second-order valence-electron chi connectivity index (χ2n) is 7.60. The third kappa shape index (κ3) is 5.51. The van der Waals surface area contributed by atoms with Crippen molar-refractivity contribution in [2.75, 3.05) is 20.3 Å². The highest BCUT2D eigenvalue weighted by Crippen LogP contribution is 2.28. The Bertz CT molecular complexity index is 1220. The zero-order chi connectivity index (χ0) is 23.0. The van der Waals surface area contributed by atoms with Crippen LogP contribution in [0.25, 0.3) is 16.7 Å². The number of para-hydroxylation sites is 2. The van der Waals surface area contributed by atoms with Gasteiger partial charge in [0.05, 0.1) is 18.1 Å². The van der Waals surface area contributed by atoms with E-state index in [4.69, 9.17) is 9.47 Å². The predicted octanol–water partition coefficient (Wildman–Crippen LogP) is 3.84. The highest BCUT2D eigenvalue weighted by atomic mass is 16.5. The highest BCUT2D eigenvalue weighted by Gasteiger charge is 2.09. The summed E-state index contributed by atoms with van der Waals surface area (Å²) in [5.41, 5.74) is 5.42. The van der Waals surface area contributed by atoms with Crippen LogP contribution in [0, 0.1) is 0 Å². The maximum absolute atomic E-state index is 11.6. The highest BCUT2D eigenvalue weighted by molar-refractivity contribution is 5.77. The lowest BCUT2D eigenvalue weighted by molar-refractivity contribution is -0.123. The van der Waals surface area contributed by atoms with Gasteiger partial charge < -0.3 is 20.1 Å². The third-order valence-electron chi connectivity index (χ3n) is 5.29. The molecule has 0 radical (unpaired) electrons. The molecule has 0 fully saturated rings. The molecule has 1 aromatic heterocycles. The van der Waals surface area contributed by atoms with Crippen molar-refractivity contribution in [2.24, 2.45) is 0 Å². The van der Waals surface area contributed by atoms with Crippen molar-refractivity contribution >= 4 is 16.9 Å². The molecule has 2 N–H and O–H groups in total. The van der Waals surface area contributed by atoms with Crippen LogP contribution in [0.3, 0.4) is 0 Å². The van der Waals surface area contributed by atoms with E-state index in [1.807, 2.05) is 49.6 Å². The molecule has 1 amide bonds. The summed E-state index contributed by atoms with van der Waals surface area (Å²) in [4.78, 5) is 16.1. The van der Waals surface area contributed by atoms with E-state index >= 15 is 0 Å². The first-order valence-electron chi connectivity index (χ1n) is 11.0.